The summed E-state index contributed by atoms with van der Waals surface area (Å²) in [6.07, 6.45) is 0.567. The van der Waals surface area contributed by atoms with Crippen molar-refractivity contribution in [2.75, 3.05) is 0 Å². The van der Waals surface area contributed by atoms with Crippen LogP contribution in [0.2, 0.25) is 0 Å². The molecule has 0 saturated carbocycles. The molecule has 2 aromatic rings. The van der Waals surface area contributed by atoms with Crippen molar-refractivity contribution >= 4 is 5.69 Å². The summed E-state index contributed by atoms with van der Waals surface area (Å²) in [5, 5.41) is 21.1. The monoisotopic (exact) mass is 257 g/mol. The third kappa shape index (κ3) is 2.57. The van der Waals surface area contributed by atoms with E-state index in [-0.39, 0.29) is 11.4 Å². The molecule has 0 atom stereocenters. The molecule has 19 heavy (non-hydrogen) atoms. The molecule has 0 unspecified atom stereocenters. The normalized spacial score (nSPS) is 10.4. The quantitative estimate of drug-likeness (QED) is 0.676. The number of rotatable bonds is 3. The number of phenolic OH excluding ortho intramolecular Hbond substituents is 1. The van der Waals surface area contributed by atoms with Crippen LogP contribution in [0.4, 0.5) is 5.69 Å². The van der Waals surface area contributed by atoms with Gasteiger partial charge in [0.2, 0.25) is 0 Å². The standard InChI is InChI=1S/C15H15NO3/c1-10-8-14(16(18)19)11(2)15(17)13(10)9-12-6-4-3-5-7-12/h3-8,17H,9H2,1-2H3. The van der Waals surface area contributed by atoms with Gasteiger partial charge in [0.1, 0.15) is 5.75 Å². The zero-order chi connectivity index (χ0) is 14.0. The van der Waals surface area contributed by atoms with Crippen molar-refractivity contribution in [1.82, 2.24) is 0 Å². The highest BCUT2D eigenvalue weighted by Gasteiger charge is 2.19. The van der Waals surface area contributed by atoms with E-state index in [0.717, 1.165) is 16.7 Å². The average molecular weight is 257 g/mol. The number of nitro benzene ring substituents is 1. The Bertz CT molecular complexity index is 621. The predicted molar refractivity (Wildman–Crippen MR) is 73.5 cm³/mol. The van der Waals surface area contributed by atoms with E-state index in [4.69, 9.17) is 0 Å². The van der Waals surface area contributed by atoms with Gasteiger partial charge in [-0.3, -0.25) is 10.1 Å². The summed E-state index contributed by atoms with van der Waals surface area (Å²) in [6.45, 7) is 3.35. The maximum absolute atomic E-state index is 10.9. The van der Waals surface area contributed by atoms with Crippen LogP contribution < -0.4 is 0 Å². The van der Waals surface area contributed by atoms with Crippen LogP contribution >= 0.6 is 0 Å². The lowest BCUT2D eigenvalue weighted by atomic mass is 9.96. The van der Waals surface area contributed by atoms with Crippen LogP contribution in [0.5, 0.6) is 5.75 Å². The van der Waals surface area contributed by atoms with Crippen LogP contribution in [-0.2, 0) is 6.42 Å². The molecule has 0 bridgehead atoms. The van der Waals surface area contributed by atoms with Crippen molar-refractivity contribution in [3.8, 4) is 5.75 Å². The molecule has 4 nitrogen and oxygen atoms in total. The van der Waals surface area contributed by atoms with Gasteiger partial charge in [-0.2, -0.15) is 0 Å². The second-order valence-electron chi connectivity index (χ2n) is 4.58. The summed E-state index contributed by atoms with van der Waals surface area (Å²) < 4.78 is 0. The van der Waals surface area contributed by atoms with E-state index in [9.17, 15) is 15.2 Å². The maximum Gasteiger partial charge on any atom is 0.276 e. The van der Waals surface area contributed by atoms with Gasteiger partial charge >= 0.3 is 0 Å². The first kappa shape index (κ1) is 13.1. The van der Waals surface area contributed by atoms with Crippen LogP contribution in [0.1, 0.15) is 22.3 Å². The molecule has 4 heteroatoms. The SMILES string of the molecule is Cc1cc([N+](=O)[O-])c(C)c(O)c1Cc1ccccc1. The number of aromatic hydroxyl groups is 1. The Morgan fingerprint density at radius 2 is 1.84 bits per heavy atom. The summed E-state index contributed by atoms with van der Waals surface area (Å²) in [6, 6.07) is 11.2. The molecule has 0 fully saturated rings. The van der Waals surface area contributed by atoms with E-state index < -0.39 is 4.92 Å². The van der Waals surface area contributed by atoms with Gasteiger partial charge in [-0.05, 0) is 25.0 Å². The summed E-state index contributed by atoms with van der Waals surface area (Å²) in [5.74, 6) is 0.0237. The van der Waals surface area contributed by atoms with E-state index in [1.807, 2.05) is 30.3 Å². The molecule has 0 aliphatic carbocycles. The molecule has 0 radical (unpaired) electrons. The Kier molecular flexibility index (Phi) is 3.51. The Morgan fingerprint density at radius 3 is 2.42 bits per heavy atom. The summed E-state index contributed by atoms with van der Waals surface area (Å²) in [5.41, 5.74) is 2.83. The third-order valence-corrected chi connectivity index (χ3v) is 3.27. The zero-order valence-electron chi connectivity index (χ0n) is 10.9. The Hall–Kier alpha value is -2.36. The largest absolute Gasteiger partial charge is 0.507 e. The number of benzene rings is 2. The molecule has 0 heterocycles. The molecule has 0 aromatic heterocycles. The molecular weight excluding hydrogens is 242 g/mol. The predicted octanol–water partition coefficient (Wildman–Crippen LogP) is 3.51. The van der Waals surface area contributed by atoms with Gasteiger partial charge in [0, 0.05) is 18.1 Å². The van der Waals surface area contributed by atoms with Crippen molar-refractivity contribution in [3.05, 3.63) is 68.8 Å². The lowest BCUT2D eigenvalue weighted by Gasteiger charge is -2.11. The topological polar surface area (TPSA) is 63.4 Å². The van der Waals surface area contributed by atoms with Gasteiger partial charge in [-0.25, -0.2) is 0 Å². The first-order valence-corrected chi connectivity index (χ1v) is 6.01. The third-order valence-electron chi connectivity index (χ3n) is 3.27. The number of aryl methyl sites for hydroxylation is 1. The smallest absolute Gasteiger partial charge is 0.276 e. The molecule has 0 aliphatic rings. The van der Waals surface area contributed by atoms with Gasteiger partial charge in [0.15, 0.2) is 0 Å². The molecular formula is C15H15NO3. The second kappa shape index (κ2) is 5.10. The first-order valence-electron chi connectivity index (χ1n) is 6.01. The van der Waals surface area contributed by atoms with Gasteiger partial charge in [0.25, 0.3) is 5.69 Å². The van der Waals surface area contributed by atoms with Gasteiger partial charge < -0.3 is 5.11 Å². The Morgan fingerprint density at radius 1 is 1.21 bits per heavy atom. The van der Waals surface area contributed by atoms with E-state index in [1.165, 1.54) is 6.07 Å². The number of hydrogen-bond donors (Lipinski definition) is 1. The molecule has 2 rings (SSSR count). The molecule has 98 valence electrons. The van der Waals surface area contributed by atoms with Gasteiger partial charge in [-0.1, -0.05) is 30.3 Å². The van der Waals surface area contributed by atoms with Crippen molar-refractivity contribution < 1.29 is 10.0 Å². The fraction of sp³-hybridized carbons (Fsp3) is 0.200. The number of hydrogen-bond acceptors (Lipinski definition) is 3. The molecule has 0 amide bonds. The molecule has 0 saturated heterocycles. The van der Waals surface area contributed by atoms with Crippen LogP contribution in [0.15, 0.2) is 36.4 Å². The lowest BCUT2D eigenvalue weighted by molar-refractivity contribution is -0.385. The number of nitrogens with zero attached hydrogens (tertiary/aromatic N) is 1. The number of phenols is 1. The van der Waals surface area contributed by atoms with E-state index in [0.29, 0.717) is 12.0 Å². The second-order valence-corrected chi connectivity index (χ2v) is 4.58. The molecule has 2 aromatic carbocycles. The van der Waals surface area contributed by atoms with Crippen LogP contribution in [0.3, 0.4) is 0 Å². The van der Waals surface area contributed by atoms with E-state index in [2.05, 4.69) is 0 Å². The number of nitro groups is 1. The van der Waals surface area contributed by atoms with E-state index >= 15 is 0 Å². The molecule has 1 N–H and O–H groups in total. The van der Waals surface area contributed by atoms with Crippen molar-refractivity contribution in [2.24, 2.45) is 0 Å². The minimum atomic E-state index is -0.464. The van der Waals surface area contributed by atoms with Crippen LogP contribution in [0.25, 0.3) is 0 Å². The van der Waals surface area contributed by atoms with Gasteiger partial charge in [-0.15, -0.1) is 0 Å². The first-order chi connectivity index (χ1) is 9.00. The van der Waals surface area contributed by atoms with Crippen molar-refractivity contribution in [3.63, 3.8) is 0 Å². The fourth-order valence-electron chi connectivity index (χ4n) is 2.15. The highest BCUT2D eigenvalue weighted by Crippen LogP contribution is 2.34. The zero-order valence-corrected chi connectivity index (χ0v) is 10.9. The van der Waals surface area contributed by atoms with Crippen LogP contribution in [0, 0.1) is 24.0 Å². The Balaban J connectivity index is 2.48. The van der Waals surface area contributed by atoms with Crippen LogP contribution in [-0.4, -0.2) is 10.0 Å². The lowest BCUT2D eigenvalue weighted by Crippen LogP contribution is -1.99. The Labute approximate surface area is 111 Å². The van der Waals surface area contributed by atoms with Crippen molar-refractivity contribution in [1.29, 1.82) is 0 Å². The summed E-state index contributed by atoms with van der Waals surface area (Å²) in [7, 11) is 0. The summed E-state index contributed by atoms with van der Waals surface area (Å²) >= 11 is 0. The highest BCUT2D eigenvalue weighted by molar-refractivity contribution is 5.57. The summed E-state index contributed by atoms with van der Waals surface area (Å²) in [4.78, 5) is 10.4. The highest BCUT2D eigenvalue weighted by atomic mass is 16.6. The van der Waals surface area contributed by atoms with E-state index in [1.54, 1.807) is 13.8 Å². The molecule has 0 spiro atoms. The fourth-order valence-corrected chi connectivity index (χ4v) is 2.15. The van der Waals surface area contributed by atoms with Gasteiger partial charge in [0.05, 0.1) is 10.5 Å². The maximum atomic E-state index is 10.9. The minimum absolute atomic E-state index is 0.0237. The average Bonchev–Trinajstić information content (AvgIpc) is 2.40. The molecule has 0 aliphatic heterocycles. The minimum Gasteiger partial charge on any atom is -0.507 e. The van der Waals surface area contributed by atoms with Crippen molar-refractivity contribution in [2.45, 2.75) is 20.3 Å².